The third-order valence-electron chi connectivity index (χ3n) is 1.26. The van der Waals surface area contributed by atoms with Gasteiger partial charge in [0, 0.05) is 26.4 Å². The normalized spacial score (nSPS) is 11.4. The third-order valence-corrected chi connectivity index (χ3v) is 2.12. The lowest BCUT2D eigenvalue weighted by Gasteiger charge is -1.99. The Morgan fingerprint density at radius 3 is 2.25 bits per heavy atom. The Kier molecular flexibility index (Phi) is 5.08. The second-order valence-corrected chi connectivity index (χ2v) is 2.90. The van der Waals surface area contributed by atoms with Crippen LogP contribution in [0.4, 0.5) is 0 Å². The summed E-state index contributed by atoms with van der Waals surface area (Å²) in [5.74, 6) is 0. The highest BCUT2D eigenvalue weighted by Crippen LogP contribution is 2.21. The molecule has 0 saturated heterocycles. The molecule has 1 atom stereocenters. The van der Waals surface area contributed by atoms with Crippen molar-refractivity contribution in [3.05, 3.63) is 46.0 Å². The molecule has 0 aromatic heterocycles. The van der Waals surface area contributed by atoms with E-state index in [1.807, 2.05) is 6.07 Å². The molecule has 1 aromatic carbocycles. The van der Waals surface area contributed by atoms with Crippen molar-refractivity contribution in [3.8, 4) is 0 Å². The standard InChI is InChI=1S/C7H6BrNO2.BrH/c8-7(9(10)11)6-4-2-1-3-5-6;/h1-5,7H;1H. The molecule has 0 aliphatic carbocycles. The Balaban J connectivity index is 0.00000121. The lowest BCUT2D eigenvalue weighted by Crippen LogP contribution is -2.01. The molecule has 5 heteroatoms. The minimum Gasteiger partial charge on any atom is -0.263 e. The fourth-order valence-corrected chi connectivity index (χ4v) is 1.04. The van der Waals surface area contributed by atoms with Crippen LogP contribution in [0.15, 0.2) is 30.3 Å². The Hall–Kier alpha value is -0.420. The van der Waals surface area contributed by atoms with Crippen molar-refractivity contribution in [3.63, 3.8) is 0 Å². The van der Waals surface area contributed by atoms with Crippen molar-refractivity contribution in [1.29, 1.82) is 0 Å². The maximum atomic E-state index is 10.3. The summed E-state index contributed by atoms with van der Waals surface area (Å²) in [4.78, 5) is 9.09. The molecule has 1 unspecified atom stereocenters. The van der Waals surface area contributed by atoms with Crippen LogP contribution in [0.5, 0.6) is 0 Å². The van der Waals surface area contributed by atoms with E-state index >= 15 is 0 Å². The molecule has 0 amide bonds. The van der Waals surface area contributed by atoms with Crippen molar-refractivity contribution in [1.82, 2.24) is 0 Å². The van der Waals surface area contributed by atoms with Gasteiger partial charge in [-0.05, 0) is 0 Å². The molecular formula is C7H7Br2NO2. The molecule has 3 nitrogen and oxygen atoms in total. The highest BCUT2D eigenvalue weighted by molar-refractivity contribution is 9.09. The van der Waals surface area contributed by atoms with Crippen LogP contribution in [0.25, 0.3) is 0 Å². The van der Waals surface area contributed by atoms with E-state index in [0.29, 0.717) is 5.56 Å². The highest BCUT2D eigenvalue weighted by Gasteiger charge is 2.16. The molecule has 0 heterocycles. The number of halogens is 2. The number of hydrogen-bond acceptors (Lipinski definition) is 2. The zero-order chi connectivity index (χ0) is 8.27. The van der Waals surface area contributed by atoms with Crippen LogP contribution in [0.3, 0.4) is 0 Å². The first-order chi connectivity index (χ1) is 5.22. The molecule has 1 rings (SSSR count). The zero-order valence-electron chi connectivity index (χ0n) is 6.01. The van der Waals surface area contributed by atoms with Gasteiger partial charge in [-0.2, -0.15) is 0 Å². The van der Waals surface area contributed by atoms with Crippen LogP contribution >= 0.6 is 32.9 Å². The van der Waals surface area contributed by atoms with Gasteiger partial charge < -0.3 is 0 Å². The molecule has 1 aromatic rings. The van der Waals surface area contributed by atoms with Crippen LogP contribution in [-0.2, 0) is 0 Å². The maximum absolute atomic E-state index is 10.3. The molecule has 66 valence electrons. The topological polar surface area (TPSA) is 43.1 Å². The highest BCUT2D eigenvalue weighted by atomic mass is 79.9. The molecular weight excluding hydrogens is 290 g/mol. The Bertz CT molecular complexity index is 253. The molecule has 0 N–H and O–H groups in total. The summed E-state index contributed by atoms with van der Waals surface area (Å²) in [6.07, 6.45) is 0. The summed E-state index contributed by atoms with van der Waals surface area (Å²) in [6.45, 7) is 0. The van der Waals surface area contributed by atoms with E-state index in [-0.39, 0.29) is 21.9 Å². The number of nitrogens with zero attached hydrogens (tertiary/aromatic N) is 1. The largest absolute Gasteiger partial charge is 0.290 e. The van der Waals surface area contributed by atoms with Crippen molar-refractivity contribution in [2.24, 2.45) is 0 Å². The lowest BCUT2D eigenvalue weighted by atomic mass is 10.2. The summed E-state index contributed by atoms with van der Waals surface area (Å²) >= 11 is 2.95. The number of benzene rings is 1. The van der Waals surface area contributed by atoms with E-state index in [4.69, 9.17) is 0 Å². The number of alkyl halides is 1. The maximum Gasteiger partial charge on any atom is 0.290 e. The van der Waals surface area contributed by atoms with Crippen molar-refractivity contribution in [2.45, 2.75) is 4.95 Å². The predicted molar refractivity (Wildman–Crippen MR) is 55.4 cm³/mol. The van der Waals surface area contributed by atoms with Crippen molar-refractivity contribution in [2.75, 3.05) is 0 Å². The molecule has 0 aliphatic rings. The van der Waals surface area contributed by atoms with Crippen LogP contribution in [0.1, 0.15) is 10.5 Å². The van der Waals surface area contributed by atoms with Gasteiger partial charge in [0.2, 0.25) is 0 Å². The van der Waals surface area contributed by atoms with Gasteiger partial charge in [0.15, 0.2) is 0 Å². The first-order valence-corrected chi connectivity index (χ1v) is 3.96. The van der Waals surface area contributed by atoms with Gasteiger partial charge in [0.25, 0.3) is 4.95 Å². The summed E-state index contributed by atoms with van der Waals surface area (Å²) in [6, 6.07) is 8.79. The second kappa shape index (κ2) is 5.27. The monoisotopic (exact) mass is 295 g/mol. The number of rotatable bonds is 2. The van der Waals surface area contributed by atoms with E-state index in [9.17, 15) is 10.1 Å². The van der Waals surface area contributed by atoms with E-state index in [0.717, 1.165) is 0 Å². The first-order valence-electron chi connectivity index (χ1n) is 3.04. The van der Waals surface area contributed by atoms with E-state index in [1.165, 1.54) is 0 Å². The quantitative estimate of drug-likeness (QED) is 0.364. The van der Waals surface area contributed by atoms with Gasteiger partial charge in [0.05, 0.1) is 0 Å². The van der Waals surface area contributed by atoms with E-state index < -0.39 is 4.95 Å². The lowest BCUT2D eigenvalue weighted by molar-refractivity contribution is -0.498. The van der Waals surface area contributed by atoms with E-state index in [2.05, 4.69) is 15.9 Å². The first kappa shape index (κ1) is 11.6. The molecule has 0 spiro atoms. The van der Waals surface area contributed by atoms with Gasteiger partial charge in [-0.25, -0.2) is 0 Å². The van der Waals surface area contributed by atoms with Crippen molar-refractivity contribution < 1.29 is 4.92 Å². The minimum atomic E-state index is -0.788. The molecule has 0 radical (unpaired) electrons. The Morgan fingerprint density at radius 2 is 1.83 bits per heavy atom. The Labute approximate surface area is 88.8 Å². The van der Waals surface area contributed by atoms with E-state index in [1.54, 1.807) is 24.3 Å². The minimum absolute atomic E-state index is 0. The average Bonchev–Trinajstić information content (AvgIpc) is 2.05. The molecule has 0 bridgehead atoms. The van der Waals surface area contributed by atoms with Crippen LogP contribution in [0, 0.1) is 10.1 Å². The third kappa shape index (κ3) is 2.91. The van der Waals surface area contributed by atoms with Crippen LogP contribution < -0.4 is 0 Å². The Morgan fingerprint density at radius 1 is 1.33 bits per heavy atom. The molecule has 0 saturated carbocycles. The summed E-state index contributed by atoms with van der Waals surface area (Å²) in [5, 5.41) is 10.3. The molecule has 12 heavy (non-hydrogen) atoms. The van der Waals surface area contributed by atoms with Gasteiger partial charge in [-0.3, -0.25) is 10.1 Å². The van der Waals surface area contributed by atoms with Crippen LogP contribution in [-0.4, -0.2) is 4.92 Å². The summed E-state index contributed by atoms with van der Waals surface area (Å²) in [7, 11) is 0. The van der Waals surface area contributed by atoms with Gasteiger partial charge >= 0.3 is 0 Å². The summed E-state index contributed by atoms with van der Waals surface area (Å²) in [5.41, 5.74) is 0.664. The zero-order valence-corrected chi connectivity index (χ0v) is 9.31. The predicted octanol–water partition coefficient (Wildman–Crippen LogP) is 2.93. The van der Waals surface area contributed by atoms with Gasteiger partial charge in [-0.1, -0.05) is 30.3 Å². The van der Waals surface area contributed by atoms with Gasteiger partial charge in [-0.15, -0.1) is 17.0 Å². The van der Waals surface area contributed by atoms with Crippen molar-refractivity contribution >= 4 is 32.9 Å². The fraction of sp³-hybridized carbons (Fsp3) is 0.143. The smallest absolute Gasteiger partial charge is 0.263 e. The van der Waals surface area contributed by atoms with Crippen LogP contribution in [0.2, 0.25) is 0 Å². The SMILES string of the molecule is Br.O=[N+]([O-])C(Br)c1ccccc1. The average molecular weight is 297 g/mol. The van der Waals surface area contributed by atoms with Gasteiger partial charge in [0.1, 0.15) is 0 Å². The number of nitro groups is 1. The molecule has 0 fully saturated rings. The fourth-order valence-electron chi connectivity index (χ4n) is 0.734. The summed E-state index contributed by atoms with van der Waals surface area (Å²) < 4.78 is 0. The molecule has 0 aliphatic heterocycles. The number of hydrogen-bond donors (Lipinski definition) is 0. The second-order valence-electron chi connectivity index (χ2n) is 2.03.